The monoisotopic (exact) mass is 403 g/mol. The third-order valence-corrected chi connectivity index (χ3v) is 5.00. The normalized spacial score (nSPS) is 18.4. The van der Waals surface area contributed by atoms with E-state index in [1.54, 1.807) is 13.8 Å². The average Bonchev–Trinajstić information content (AvgIpc) is 2.57. The molecule has 29 heavy (non-hydrogen) atoms. The Morgan fingerprint density at radius 2 is 1.93 bits per heavy atom. The lowest BCUT2D eigenvalue weighted by Crippen LogP contribution is -2.54. The fourth-order valence-electron chi connectivity index (χ4n) is 3.51. The molecule has 4 rings (SSSR count). The van der Waals surface area contributed by atoms with Crippen molar-refractivity contribution >= 4 is 17.4 Å². The van der Waals surface area contributed by atoms with Crippen molar-refractivity contribution in [1.82, 2.24) is 0 Å². The van der Waals surface area contributed by atoms with Crippen LogP contribution in [0.4, 0.5) is 18.9 Å². The van der Waals surface area contributed by atoms with Crippen molar-refractivity contribution in [2.24, 2.45) is 10.9 Å². The third-order valence-electron chi connectivity index (χ3n) is 5.00. The summed E-state index contributed by atoms with van der Waals surface area (Å²) in [6, 6.07) is 10.7. The number of alkyl halides is 3. The standard InChI is InChI=1S/C21H19F3N2O3/c1-20(2)25-18(16-7-6-14(21(22,23)24)9-17(16)29-20)12-4-3-5-15(8-12)26-10-13(11-26)19(27)28/h3-9,13H,10-11H2,1-2H3,(H,27,28)/p-1. The Balaban J connectivity index is 1.71. The number of carboxylic acids is 1. The molecule has 2 aromatic rings. The van der Waals surface area contributed by atoms with Gasteiger partial charge >= 0.3 is 6.18 Å². The van der Waals surface area contributed by atoms with E-state index in [9.17, 15) is 23.1 Å². The molecule has 1 saturated heterocycles. The zero-order valence-electron chi connectivity index (χ0n) is 15.8. The summed E-state index contributed by atoms with van der Waals surface area (Å²) in [6.07, 6.45) is -4.47. The van der Waals surface area contributed by atoms with Gasteiger partial charge < -0.3 is 19.5 Å². The topological polar surface area (TPSA) is 65.0 Å². The van der Waals surface area contributed by atoms with Crippen molar-refractivity contribution in [1.29, 1.82) is 0 Å². The second-order valence-electron chi connectivity index (χ2n) is 7.69. The Labute approximate surface area is 165 Å². The molecule has 0 N–H and O–H groups in total. The maximum atomic E-state index is 13.1. The summed E-state index contributed by atoms with van der Waals surface area (Å²) in [7, 11) is 0. The number of carbonyl (C=O) groups is 1. The van der Waals surface area contributed by atoms with Crippen LogP contribution in [-0.4, -0.2) is 30.5 Å². The van der Waals surface area contributed by atoms with Crippen LogP contribution in [0, 0.1) is 5.92 Å². The maximum Gasteiger partial charge on any atom is 0.416 e. The summed E-state index contributed by atoms with van der Waals surface area (Å²) >= 11 is 0. The molecule has 0 unspecified atom stereocenters. The van der Waals surface area contributed by atoms with Crippen LogP contribution in [0.3, 0.4) is 0 Å². The van der Waals surface area contributed by atoms with Gasteiger partial charge in [-0.25, -0.2) is 4.99 Å². The van der Waals surface area contributed by atoms with E-state index in [-0.39, 0.29) is 5.75 Å². The molecule has 5 nitrogen and oxygen atoms in total. The van der Waals surface area contributed by atoms with E-state index in [0.717, 1.165) is 23.4 Å². The number of rotatable bonds is 3. The number of benzene rings is 2. The Bertz CT molecular complexity index is 1010. The minimum absolute atomic E-state index is 0.126. The molecule has 0 bridgehead atoms. The predicted molar refractivity (Wildman–Crippen MR) is 98.9 cm³/mol. The van der Waals surface area contributed by atoms with Gasteiger partial charge in [-0.3, -0.25) is 0 Å². The van der Waals surface area contributed by atoms with Gasteiger partial charge in [0.1, 0.15) is 5.75 Å². The minimum atomic E-state index is -4.47. The fraction of sp³-hybridized carbons (Fsp3) is 0.333. The summed E-state index contributed by atoms with van der Waals surface area (Å²) in [4.78, 5) is 17.4. The first kappa shape index (κ1) is 19.3. The Morgan fingerprint density at radius 3 is 2.59 bits per heavy atom. The number of carboxylic acid groups (broad SMARTS) is 1. The number of anilines is 1. The molecular formula is C21H18F3N2O3-. The SMILES string of the molecule is CC1(C)N=C(c2cccc(N3CC(C(=O)[O-])C3)c2)c2ccc(C(F)(F)F)cc2O1. The zero-order chi connectivity index (χ0) is 21.0. The molecule has 2 aromatic carbocycles. The highest BCUT2D eigenvalue weighted by molar-refractivity contribution is 6.15. The highest BCUT2D eigenvalue weighted by Crippen LogP contribution is 2.38. The van der Waals surface area contributed by atoms with Crippen LogP contribution in [0.5, 0.6) is 5.75 Å². The number of fused-ring (bicyclic) bond motifs is 1. The van der Waals surface area contributed by atoms with Gasteiger partial charge in [-0.05, 0) is 44.2 Å². The number of nitrogens with zero attached hydrogens (tertiary/aromatic N) is 2. The number of halogens is 3. The van der Waals surface area contributed by atoms with Crippen LogP contribution in [0.2, 0.25) is 0 Å². The first-order chi connectivity index (χ1) is 13.5. The van der Waals surface area contributed by atoms with Crippen molar-refractivity contribution < 1.29 is 27.8 Å². The fourth-order valence-corrected chi connectivity index (χ4v) is 3.51. The van der Waals surface area contributed by atoms with Crippen molar-refractivity contribution in [2.45, 2.75) is 25.7 Å². The van der Waals surface area contributed by atoms with Crippen molar-refractivity contribution in [3.63, 3.8) is 0 Å². The highest BCUT2D eigenvalue weighted by atomic mass is 19.4. The Kier molecular flexibility index (Phi) is 4.33. The molecule has 0 aliphatic carbocycles. The summed E-state index contributed by atoms with van der Waals surface area (Å²) < 4.78 is 45.0. The number of aliphatic carboxylic acids is 1. The summed E-state index contributed by atoms with van der Waals surface area (Å²) in [5, 5.41) is 10.9. The van der Waals surface area contributed by atoms with Crippen LogP contribution < -0.4 is 14.7 Å². The molecule has 8 heteroatoms. The highest BCUT2D eigenvalue weighted by Gasteiger charge is 2.35. The number of aliphatic imine (C=N–C) groups is 1. The van der Waals surface area contributed by atoms with Gasteiger partial charge in [0.15, 0.2) is 5.72 Å². The van der Waals surface area contributed by atoms with Gasteiger partial charge in [-0.1, -0.05) is 12.1 Å². The molecule has 2 aliphatic heterocycles. The smallest absolute Gasteiger partial charge is 0.416 e. The van der Waals surface area contributed by atoms with Crippen LogP contribution in [0.25, 0.3) is 0 Å². The molecule has 152 valence electrons. The Morgan fingerprint density at radius 1 is 1.21 bits per heavy atom. The number of carbonyl (C=O) groups excluding carboxylic acids is 1. The lowest BCUT2D eigenvalue weighted by Gasteiger charge is -2.41. The van der Waals surface area contributed by atoms with Crippen LogP contribution >= 0.6 is 0 Å². The summed E-state index contributed by atoms with van der Waals surface area (Å²) in [5.41, 5.74) is 0.738. The van der Waals surface area contributed by atoms with Gasteiger partial charge in [-0.15, -0.1) is 0 Å². The molecule has 0 spiro atoms. The van der Waals surface area contributed by atoms with E-state index in [0.29, 0.717) is 24.4 Å². The van der Waals surface area contributed by atoms with Gasteiger partial charge in [0.25, 0.3) is 0 Å². The van der Waals surface area contributed by atoms with Gasteiger partial charge in [0.2, 0.25) is 0 Å². The quantitative estimate of drug-likeness (QED) is 0.791. The number of ether oxygens (including phenoxy) is 1. The van der Waals surface area contributed by atoms with Crippen molar-refractivity contribution in [2.75, 3.05) is 18.0 Å². The molecule has 0 atom stereocenters. The van der Waals surface area contributed by atoms with E-state index < -0.39 is 29.4 Å². The first-order valence-electron chi connectivity index (χ1n) is 9.10. The van der Waals surface area contributed by atoms with Gasteiger partial charge in [0.05, 0.1) is 11.3 Å². The lowest BCUT2D eigenvalue weighted by molar-refractivity contribution is -0.312. The van der Waals surface area contributed by atoms with Crippen LogP contribution in [0.1, 0.15) is 30.5 Å². The predicted octanol–water partition coefficient (Wildman–Crippen LogP) is 2.86. The molecule has 1 fully saturated rings. The maximum absolute atomic E-state index is 13.1. The molecular weight excluding hydrogens is 385 g/mol. The largest absolute Gasteiger partial charge is 0.550 e. The molecule has 0 amide bonds. The van der Waals surface area contributed by atoms with Crippen LogP contribution in [-0.2, 0) is 11.0 Å². The van der Waals surface area contributed by atoms with Crippen molar-refractivity contribution in [3.05, 3.63) is 59.2 Å². The molecule has 2 aliphatic rings. The minimum Gasteiger partial charge on any atom is -0.550 e. The number of hydrogen-bond acceptors (Lipinski definition) is 5. The molecule has 0 radical (unpaired) electrons. The summed E-state index contributed by atoms with van der Waals surface area (Å²) in [6.45, 7) is 4.08. The lowest BCUT2D eigenvalue weighted by atomic mass is 9.95. The second kappa shape index (κ2) is 6.50. The van der Waals surface area contributed by atoms with Crippen molar-refractivity contribution in [3.8, 4) is 5.75 Å². The van der Waals surface area contributed by atoms with E-state index in [2.05, 4.69) is 4.99 Å². The molecule has 0 saturated carbocycles. The zero-order valence-corrected chi connectivity index (χ0v) is 15.8. The summed E-state index contributed by atoms with van der Waals surface area (Å²) in [5.74, 6) is -1.44. The van der Waals surface area contributed by atoms with Gasteiger partial charge in [-0.2, -0.15) is 13.2 Å². The van der Waals surface area contributed by atoms with E-state index in [1.165, 1.54) is 6.07 Å². The van der Waals surface area contributed by atoms with E-state index in [1.807, 2.05) is 29.2 Å². The Hall–Kier alpha value is -3.03. The third kappa shape index (κ3) is 3.66. The number of hydrogen-bond donors (Lipinski definition) is 0. The second-order valence-corrected chi connectivity index (χ2v) is 7.69. The van der Waals surface area contributed by atoms with Crippen LogP contribution in [0.15, 0.2) is 47.5 Å². The molecule has 0 aromatic heterocycles. The van der Waals surface area contributed by atoms with Gasteiger partial charge in [0, 0.05) is 41.8 Å². The van der Waals surface area contributed by atoms with E-state index >= 15 is 0 Å². The first-order valence-corrected chi connectivity index (χ1v) is 9.10. The molecule has 2 heterocycles. The van der Waals surface area contributed by atoms with E-state index in [4.69, 9.17) is 4.74 Å². The average molecular weight is 403 g/mol.